The number of aliphatic imine (C=N–C) groups is 1. The van der Waals surface area contributed by atoms with Crippen LogP contribution in [0.5, 0.6) is 10.8 Å². The van der Waals surface area contributed by atoms with Crippen molar-refractivity contribution in [2.24, 2.45) is 4.99 Å². The van der Waals surface area contributed by atoms with Crippen LogP contribution < -0.4 is 4.74 Å². The fourth-order valence-electron chi connectivity index (χ4n) is 2.40. The molecular formula is C18H19ClN4OS. The van der Waals surface area contributed by atoms with Crippen LogP contribution in [0.1, 0.15) is 35.2 Å². The van der Waals surface area contributed by atoms with Crippen LogP contribution >= 0.6 is 23.1 Å². The van der Waals surface area contributed by atoms with Crippen LogP contribution in [0.4, 0.5) is 5.69 Å². The predicted molar refractivity (Wildman–Crippen MR) is 101 cm³/mol. The van der Waals surface area contributed by atoms with Gasteiger partial charge in [0.2, 0.25) is 5.06 Å². The van der Waals surface area contributed by atoms with Crippen molar-refractivity contribution in [3.63, 3.8) is 0 Å². The molecular weight excluding hydrogens is 356 g/mol. The fraction of sp³-hybridized carbons (Fsp3) is 0.389. The first-order valence-corrected chi connectivity index (χ1v) is 9.08. The number of halogens is 1. The Morgan fingerprint density at radius 1 is 1.36 bits per heavy atom. The van der Waals surface area contributed by atoms with Crippen LogP contribution in [0.3, 0.4) is 0 Å². The maximum atomic E-state index is 9.50. The van der Waals surface area contributed by atoms with Crippen LogP contribution in [0, 0.1) is 25.2 Å². The monoisotopic (exact) mass is 374 g/mol. The van der Waals surface area contributed by atoms with Gasteiger partial charge in [-0.15, -0.1) is 11.6 Å². The highest BCUT2D eigenvalue weighted by Gasteiger charge is 2.47. The molecule has 5 nitrogen and oxygen atoms in total. The Labute approximate surface area is 156 Å². The third kappa shape index (κ3) is 3.63. The van der Waals surface area contributed by atoms with Crippen LogP contribution in [-0.4, -0.2) is 29.7 Å². The third-order valence-corrected chi connectivity index (χ3v) is 5.29. The molecule has 0 atom stereocenters. The van der Waals surface area contributed by atoms with Gasteiger partial charge >= 0.3 is 0 Å². The van der Waals surface area contributed by atoms with Crippen LogP contribution in [0.15, 0.2) is 17.1 Å². The molecule has 0 spiro atoms. The van der Waals surface area contributed by atoms with Crippen LogP contribution in [0.2, 0.25) is 0 Å². The van der Waals surface area contributed by atoms with E-state index in [4.69, 9.17) is 16.3 Å². The Balaban J connectivity index is 1.90. The molecule has 25 heavy (non-hydrogen) atoms. The lowest BCUT2D eigenvalue weighted by atomic mass is 10.1. The largest absolute Gasteiger partial charge is 0.443 e. The second kappa shape index (κ2) is 6.66. The standard InChI is InChI=1S/C18H19ClN4OS/c1-11-8-15(12(2)7-14(11)21-10-23(3)4)24-17-13(9-20)16(22-25-17)18(19)5-6-18/h7-8,10H,5-6H2,1-4H3/b21-10-. The Morgan fingerprint density at radius 2 is 2.08 bits per heavy atom. The molecule has 0 bridgehead atoms. The van der Waals surface area contributed by atoms with Gasteiger partial charge in [-0.05, 0) is 49.9 Å². The van der Waals surface area contributed by atoms with Gasteiger partial charge in [-0.3, -0.25) is 0 Å². The van der Waals surface area contributed by atoms with E-state index in [1.807, 2.05) is 45.0 Å². The van der Waals surface area contributed by atoms with Gasteiger partial charge in [0, 0.05) is 25.6 Å². The van der Waals surface area contributed by atoms with E-state index < -0.39 is 4.87 Å². The number of aryl methyl sites for hydroxylation is 2. The normalized spacial score (nSPS) is 15.2. The number of nitriles is 1. The van der Waals surface area contributed by atoms with Crippen molar-refractivity contribution in [1.82, 2.24) is 9.27 Å². The molecule has 1 saturated carbocycles. The summed E-state index contributed by atoms with van der Waals surface area (Å²) in [5, 5.41) is 10.00. The average Bonchev–Trinajstić information content (AvgIpc) is 3.16. The molecule has 0 N–H and O–H groups in total. The summed E-state index contributed by atoms with van der Waals surface area (Å²) in [6.07, 6.45) is 3.47. The minimum atomic E-state index is -0.473. The smallest absolute Gasteiger partial charge is 0.218 e. The van der Waals surface area contributed by atoms with Crippen molar-refractivity contribution in [3.05, 3.63) is 34.5 Å². The van der Waals surface area contributed by atoms with E-state index in [0.29, 0.717) is 22.1 Å². The molecule has 0 aliphatic heterocycles. The number of hydrogen-bond acceptors (Lipinski definition) is 5. The van der Waals surface area contributed by atoms with Gasteiger partial charge in [-0.2, -0.15) is 9.64 Å². The van der Waals surface area contributed by atoms with Crippen LogP contribution in [-0.2, 0) is 4.87 Å². The number of rotatable bonds is 5. The number of nitrogens with zero attached hydrogens (tertiary/aromatic N) is 4. The van der Waals surface area contributed by atoms with E-state index in [-0.39, 0.29) is 0 Å². The number of aromatic nitrogens is 1. The molecule has 130 valence electrons. The van der Waals surface area contributed by atoms with Crippen molar-refractivity contribution >= 4 is 35.2 Å². The third-order valence-electron chi connectivity index (χ3n) is 4.01. The molecule has 3 rings (SSSR count). The highest BCUT2D eigenvalue weighted by Crippen LogP contribution is 2.54. The fourth-order valence-corrected chi connectivity index (χ4v) is 3.48. The zero-order chi connectivity index (χ0) is 18.2. The maximum absolute atomic E-state index is 9.50. The molecule has 0 unspecified atom stereocenters. The molecule has 1 aromatic carbocycles. The van der Waals surface area contributed by atoms with E-state index >= 15 is 0 Å². The summed E-state index contributed by atoms with van der Waals surface area (Å²) in [6.45, 7) is 3.94. The molecule has 1 heterocycles. The van der Waals surface area contributed by atoms with Crippen molar-refractivity contribution < 1.29 is 4.74 Å². The molecule has 1 fully saturated rings. The lowest BCUT2D eigenvalue weighted by molar-refractivity contribution is 0.490. The van der Waals surface area contributed by atoms with Crippen molar-refractivity contribution in [2.75, 3.05) is 14.1 Å². The van der Waals surface area contributed by atoms with Gasteiger partial charge in [0.05, 0.1) is 22.6 Å². The lowest BCUT2D eigenvalue weighted by Crippen LogP contribution is -2.07. The first-order valence-electron chi connectivity index (χ1n) is 7.93. The summed E-state index contributed by atoms with van der Waals surface area (Å²) in [4.78, 5) is 5.87. The molecule has 1 aliphatic rings. The van der Waals surface area contributed by atoms with E-state index in [1.54, 1.807) is 6.34 Å². The first-order chi connectivity index (χ1) is 11.8. The van der Waals surface area contributed by atoms with Gasteiger partial charge in [0.15, 0.2) is 0 Å². The quantitative estimate of drug-likeness (QED) is 0.425. The zero-order valence-electron chi connectivity index (χ0n) is 14.6. The number of benzene rings is 1. The number of alkyl halides is 1. The van der Waals surface area contributed by atoms with Gasteiger partial charge in [0.25, 0.3) is 0 Å². The summed E-state index contributed by atoms with van der Waals surface area (Å²) < 4.78 is 10.4. The summed E-state index contributed by atoms with van der Waals surface area (Å²) >= 11 is 7.61. The van der Waals surface area contributed by atoms with Gasteiger partial charge < -0.3 is 9.64 Å². The second-order valence-electron chi connectivity index (χ2n) is 6.49. The van der Waals surface area contributed by atoms with E-state index in [9.17, 15) is 5.26 Å². The topological polar surface area (TPSA) is 61.5 Å². The molecule has 0 amide bonds. The minimum Gasteiger partial charge on any atom is -0.443 e. The van der Waals surface area contributed by atoms with Crippen molar-refractivity contribution in [1.29, 1.82) is 5.26 Å². The van der Waals surface area contributed by atoms with Crippen LogP contribution in [0.25, 0.3) is 0 Å². The second-order valence-corrected chi connectivity index (χ2v) is 7.94. The van der Waals surface area contributed by atoms with Crippen molar-refractivity contribution in [2.45, 2.75) is 31.6 Å². The summed E-state index contributed by atoms with van der Waals surface area (Å²) in [7, 11) is 3.86. The minimum absolute atomic E-state index is 0.448. The Morgan fingerprint density at radius 3 is 2.68 bits per heavy atom. The Hall–Kier alpha value is -2.10. The van der Waals surface area contributed by atoms with Gasteiger partial charge in [-0.1, -0.05) is 0 Å². The summed E-state index contributed by atoms with van der Waals surface area (Å²) in [6, 6.07) is 6.11. The highest BCUT2D eigenvalue weighted by atomic mass is 35.5. The Kier molecular flexibility index (Phi) is 4.72. The summed E-state index contributed by atoms with van der Waals surface area (Å²) in [5.74, 6) is 0.701. The average molecular weight is 375 g/mol. The molecule has 0 saturated heterocycles. The lowest BCUT2D eigenvalue weighted by Gasteiger charge is -2.11. The first kappa shape index (κ1) is 17.7. The van der Waals surface area contributed by atoms with Gasteiger partial charge in [0.1, 0.15) is 17.4 Å². The molecule has 1 aliphatic carbocycles. The van der Waals surface area contributed by atoms with E-state index in [1.165, 1.54) is 11.5 Å². The SMILES string of the molecule is Cc1cc(Oc2snc(C3(Cl)CC3)c2C#N)c(C)cc1/N=C\N(C)C. The zero-order valence-corrected chi connectivity index (χ0v) is 16.2. The van der Waals surface area contributed by atoms with E-state index in [2.05, 4.69) is 15.4 Å². The Bertz CT molecular complexity index is 878. The molecule has 0 radical (unpaired) electrons. The van der Waals surface area contributed by atoms with Gasteiger partial charge in [-0.25, -0.2) is 4.99 Å². The number of ether oxygens (including phenoxy) is 1. The predicted octanol–water partition coefficient (Wildman–Crippen LogP) is 4.87. The molecule has 2 aromatic rings. The van der Waals surface area contributed by atoms with E-state index in [0.717, 1.165) is 29.7 Å². The van der Waals surface area contributed by atoms with Crippen molar-refractivity contribution in [3.8, 4) is 16.9 Å². The number of hydrogen-bond donors (Lipinski definition) is 0. The highest BCUT2D eigenvalue weighted by molar-refractivity contribution is 7.08. The molecule has 1 aromatic heterocycles. The maximum Gasteiger partial charge on any atom is 0.218 e. The molecule has 7 heteroatoms. The summed E-state index contributed by atoms with van der Waals surface area (Å²) in [5.41, 5.74) is 3.93.